The van der Waals surface area contributed by atoms with E-state index < -0.39 is 23.1 Å². The van der Waals surface area contributed by atoms with Gasteiger partial charge < -0.3 is 4.74 Å². The number of rotatable bonds is 3. The molecule has 7 heteroatoms. The van der Waals surface area contributed by atoms with Crippen molar-refractivity contribution < 1.29 is 19.1 Å². The van der Waals surface area contributed by atoms with Gasteiger partial charge in [0.05, 0.1) is 0 Å². The van der Waals surface area contributed by atoms with E-state index in [4.69, 9.17) is 11.2 Å². The highest BCUT2D eigenvalue weighted by molar-refractivity contribution is 5.92. The quantitative estimate of drug-likeness (QED) is 0.789. The average Bonchev–Trinajstić information content (AvgIpc) is 2.93. The van der Waals surface area contributed by atoms with Crippen LogP contribution in [-0.2, 0) is 14.3 Å². The van der Waals surface area contributed by atoms with Gasteiger partial charge >= 0.3 is 6.09 Å². The smallest absolute Gasteiger partial charge is 0.411 e. The molecule has 0 aromatic carbocycles. The SMILES string of the molecule is C#CC[C@@]1(C(=O)NN2CCCCC2=O)CCCN1C(=O)OC(C)(C)C. The van der Waals surface area contributed by atoms with Crippen LogP contribution < -0.4 is 5.43 Å². The van der Waals surface area contributed by atoms with Gasteiger partial charge in [0.15, 0.2) is 0 Å². The van der Waals surface area contributed by atoms with Crippen LogP contribution in [0.1, 0.15) is 59.3 Å². The molecule has 0 unspecified atom stereocenters. The minimum Gasteiger partial charge on any atom is -0.444 e. The highest BCUT2D eigenvalue weighted by atomic mass is 16.6. The zero-order valence-corrected chi connectivity index (χ0v) is 15.3. The van der Waals surface area contributed by atoms with Gasteiger partial charge in [-0.3, -0.25) is 24.9 Å². The minimum absolute atomic E-state index is 0.0834. The van der Waals surface area contributed by atoms with Gasteiger partial charge in [-0.25, -0.2) is 4.79 Å². The molecule has 2 heterocycles. The van der Waals surface area contributed by atoms with E-state index in [0.717, 1.165) is 12.8 Å². The first-order chi connectivity index (χ1) is 11.7. The molecule has 2 aliphatic rings. The molecule has 0 saturated carbocycles. The van der Waals surface area contributed by atoms with Gasteiger partial charge in [0.2, 0.25) is 5.91 Å². The summed E-state index contributed by atoms with van der Waals surface area (Å²) in [6, 6.07) is 0. The molecule has 0 radical (unpaired) electrons. The molecule has 3 amide bonds. The van der Waals surface area contributed by atoms with Crippen molar-refractivity contribution in [2.45, 2.75) is 70.4 Å². The Labute approximate surface area is 149 Å². The predicted molar refractivity (Wildman–Crippen MR) is 92.1 cm³/mol. The number of ether oxygens (including phenoxy) is 1. The number of hydrazine groups is 1. The zero-order valence-electron chi connectivity index (χ0n) is 15.3. The fourth-order valence-electron chi connectivity index (χ4n) is 3.28. The Kier molecular flexibility index (Phi) is 5.61. The number of piperidine rings is 1. The van der Waals surface area contributed by atoms with Gasteiger partial charge in [-0.1, -0.05) is 0 Å². The molecule has 138 valence electrons. The third-order valence-electron chi connectivity index (χ3n) is 4.48. The van der Waals surface area contributed by atoms with E-state index in [2.05, 4.69) is 11.3 Å². The molecule has 2 rings (SSSR count). The largest absolute Gasteiger partial charge is 0.444 e. The van der Waals surface area contributed by atoms with Crippen LogP contribution in [0, 0.1) is 12.3 Å². The highest BCUT2D eigenvalue weighted by Gasteiger charge is 2.51. The monoisotopic (exact) mass is 349 g/mol. The number of hydrogen-bond acceptors (Lipinski definition) is 4. The Morgan fingerprint density at radius 2 is 2.00 bits per heavy atom. The first-order valence-electron chi connectivity index (χ1n) is 8.75. The van der Waals surface area contributed by atoms with Crippen LogP contribution >= 0.6 is 0 Å². The second-order valence-electron chi connectivity index (χ2n) is 7.59. The van der Waals surface area contributed by atoms with E-state index in [9.17, 15) is 14.4 Å². The third kappa shape index (κ3) is 4.25. The van der Waals surface area contributed by atoms with Crippen LogP contribution in [0.5, 0.6) is 0 Å². The lowest BCUT2D eigenvalue weighted by molar-refractivity contribution is -0.148. The third-order valence-corrected chi connectivity index (χ3v) is 4.48. The summed E-state index contributed by atoms with van der Waals surface area (Å²) >= 11 is 0. The summed E-state index contributed by atoms with van der Waals surface area (Å²) < 4.78 is 5.44. The topological polar surface area (TPSA) is 79.0 Å². The van der Waals surface area contributed by atoms with Crippen molar-refractivity contribution in [3.63, 3.8) is 0 Å². The number of nitrogens with one attached hydrogen (secondary N) is 1. The van der Waals surface area contributed by atoms with E-state index in [-0.39, 0.29) is 12.3 Å². The molecule has 0 aromatic rings. The zero-order chi connectivity index (χ0) is 18.7. The van der Waals surface area contributed by atoms with E-state index in [1.807, 2.05) is 0 Å². The van der Waals surface area contributed by atoms with E-state index >= 15 is 0 Å². The minimum atomic E-state index is -1.17. The summed E-state index contributed by atoms with van der Waals surface area (Å²) in [5.74, 6) is 1.99. The Morgan fingerprint density at radius 3 is 2.60 bits per heavy atom. The molecular weight excluding hydrogens is 322 g/mol. The Hall–Kier alpha value is -2.23. The van der Waals surface area contributed by atoms with Crippen molar-refractivity contribution in [2.24, 2.45) is 0 Å². The van der Waals surface area contributed by atoms with Gasteiger partial charge in [0, 0.05) is 25.9 Å². The molecule has 0 aliphatic carbocycles. The first-order valence-corrected chi connectivity index (χ1v) is 8.75. The lowest BCUT2D eigenvalue weighted by Gasteiger charge is -2.38. The van der Waals surface area contributed by atoms with Crippen molar-refractivity contribution >= 4 is 17.9 Å². The molecule has 2 saturated heterocycles. The van der Waals surface area contributed by atoms with Crippen molar-refractivity contribution in [3.8, 4) is 12.3 Å². The van der Waals surface area contributed by atoms with Crippen LogP contribution in [0.4, 0.5) is 4.79 Å². The van der Waals surface area contributed by atoms with Crippen molar-refractivity contribution in [1.82, 2.24) is 15.3 Å². The lowest BCUT2D eigenvalue weighted by atomic mass is 9.91. The highest BCUT2D eigenvalue weighted by Crippen LogP contribution is 2.34. The molecular formula is C18H27N3O4. The summed E-state index contributed by atoms with van der Waals surface area (Å²) in [6.07, 6.45) is 8.20. The molecule has 7 nitrogen and oxygen atoms in total. The Bertz CT molecular complexity index is 590. The lowest BCUT2D eigenvalue weighted by Crippen LogP contribution is -2.62. The summed E-state index contributed by atoms with van der Waals surface area (Å²) in [5.41, 5.74) is 0.846. The van der Waals surface area contributed by atoms with E-state index in [0.29, 0.717) is 32.4 Å². The molecule has 0 aromatic heterocycles. The van der Waals surface area contributed by atoms with Gasteiger partial charge in [0.25, 0.3) is 5.91 Å². The summed E-state index contributed by atoms with van der Waals surface area (Å²) in [7, 11) is 0. The molecule has 0 spiro atoms. The van der Waals surface area contributed by atoms with Crippen LogP contribution in [0.3, 0.4) is 0 Å². The van der Waals surface area contributed by atoms with E-state index in [1.165, 1.54) is 9.91 Å². The number of likely N-dealkylation sites (tertiary alicyclic amines) is 1. The molecule has 1 atom stereocenters. The van der Waals surface area contributed by atoms with Gasteiger partial charge in [-0.15, -0.1) is 12.3 Å². The van der Waals surface area contributed by atoms with Crippen LogP contribution in [0.2, 0.25) is 0 Å². The van der Waals surface area contributed by atoms with Crippen molar-refractivity contribution in [3.05, 3.63) is 0 Å². The average molecular weight is 349 g/mol. The maximum atomic E-state index is 13.0. The van der Waals surface area contributed by atoms with Gasteiger partial charge in [0.1, 0.15) is 11.1 Å². The van der Waals surface area contributed by atoms with E-state index in [1.54, 1.807) is 20.8 Å². The fourth-order valence-corrected chi connectivity index (χ4v) is 3.28. The van der Waals surface area contributed by atoms with Gasteiger partial charge in [-0.05, 0) is 46.5 Å². The summed E-state index contributed by atoms with van der Waals surface area (Å²) in [5, 5.41) is 1.34. The fraction of sp³-hybridized carbons (Fsp3) is 0.722. The molecule has 0 bridgehead atoms. The second-order valence-corrected chi connectivity index (χ2v) is 7.59. The number of amides is 3. The molecule has 1 N–H and O–H groups in total. The molecule has 2 fully saturated rings. The summed E-state index contributed by atoms with van der Waals surface area (Å²) in [4.78, 5) is 39.0. The standard InChI is InChI=1S/C18H27N3O4/c1-5-10-18(15(23)19-21-13-7-6-9-14(21)22)11-8-12-20(18)16(24)25-17(2,3)4/h1H,6-13H2,2-4H3,(H,19,23)/t18-/m0/s1. The molecule has 2 aliphatic heterocycles. The maximum Gasteiger partial charge on any atom is 0.411 e. The van der Waals surface area contributed by atoms with Crippen LogP contribution in [0.15, 0.2) is 0 Å². The number of nitrogens with zero attached hydrogens (tertiary/aromatic N) is 2. The first kappa shape index (κ1) is 19.1. The number of terminal acetylenes is 1. The predicted octanol–water partition coefficient (Wildman–Crippen LogP) is 1.82. The Morgan fingerprint density at radius 1 is 1.28 bits per heavy atom. The van der Waals surface area contributed by atoms with Crippen LogP contribution in [0.25, 0.3) is 0 Å². The molecule has 25 heavy (non-hydrogen) atoms. The van der Waals surface area contributed by atoms with Gasteiger partial charge in [-0.2, -0.15) is 0 Å². The Balaban J connectivity index is 2.20. The number of carbonyl (C=O) groups is 3. The second kappa shape index (κ2) is 7.34. The number of carbonyl (C=O) groups excluding carboxylic acids is 3. The normalized spacial score (nSPS) is 24.0. The maximum absolute atomic E-state index is 13.0. The van der Waals surface area contributed by atoms with Crippen molar-refractivity contribution in [1.29, 1.82) is 0 Å². The summed E-state index contributed by atoms with van der Waals surface area (Å²) in [6.45, 7) is 6.20. The van der Waals surface area contributed by atoms with Crippen molar-refractivity contribution in [2.75, 3.05) is 13.1 Å². The number of hydrogen-bond donors (Lipinski definition) is 1. The van der Waals surface area contributed by atoms with Crippen LogP contribution in [-0.4, -0.2) is 52.0 Å².